The Hall–Kier alpha value is -1.34. The number of amides is 2. The summed E-state index contributed by atoms with van der Waals surface area (Å²) >= 11 is 0. The Kier molecular flexibility index (Phi) is 4.19. The van der Waals surface area contributed by atoms with E-state index in [-0.39, 0.29) is 24.8 Å². The Morgan fingerprint density at radius 2 is 2.15 bits per heavy atom. The van der Waals surface area contributed by atoms with Crippen molar-refractivity contribution in [1.82, 2.24) is 10.6 Å². The van der Waals surface area contributed by atoms with Gasteiger partial charge in [0.15, 0.2) is 0 Å². The molecule has 2 aliphatic rings. The van der Waals surface area contributed by atoms with Crippen LogP contribution in [0.25, 0.3) is 0 Å². The summed E-state index contributed by atoms with van der Waals surface area (Å²) in [5.74, 6) is -0.966. The van der Waals surface area contributed by atoms with E-state index in [4.69, 9.17) is 9.47 Å². The maximum absolute atomic E-state index is 11.9. The number of hydrogen-bond acceptors (Lipinski definition) is 4. The summed E-state index contributed by atoms with van der Waals surface area (Å²) in [5.41, 5.74) is -1.40. The molecule has 3 unspecified atom stereocenters. The molecule has 0 aromatic heterocycles. The lowest BCUT2D eigenvalue weighted by molar-refractivity contribution is -0.148. The molecular weight excluding hydrogens is 264 g/mol. The number of ether oxygens (including phenoxy) is 2. The van der Waals surface area contributed by atoms with Crippen LogP contribution in [0.3, 0.4) is 0 Å². The van der Waals surface area contributed by atoms with Crippen molar-refractivity contribution in [2.75, 3.05) is 26.4 Å². The van der Waals surface area contributed by atoms with Gasteiger partial charge in [0, 0.05) is 13.2 Å². The number of urea groups is 1. The van der Waals surface area contributed by atoms with E-state index in [2.05, 4.69) is 10.6 Å². The zero-order chi connectivity index (χ0) is 14.8. The van der Waals surface area contributed by atoms with Gasteiger partial charge in [0.1, 0.15) is 5.41 Å². The van der Waals surface area contributed by atoms with Crippen molar-refractivity contribution < 1.29 is 24.2 Å². The normalized spacial score (nSPS) is 36.8. The smallest absolute Gasteiger partial charge is 0.315 e. The maximum atomic E-state index is 11.9. The molecule has 7 heteroatoms. The number of carbonyl (C=O) groups excluding carboxylic acids is 1. The van der Waals surface area contributed by atoms with Crippen LogP contribution in [0.4, 0.5) is 4.79 Å². The number of nitrogens with one attached hydrogen (secondary N) is 2. The minimum absolute atomic E-state index is 0.105. The SMILES string of the molecule is CC1(CNC(=O)NC2COCC2(C)C(=O)O)CCCO1. The average molecular weight is 286 g/mol. The molecule has 2 amide bonds. The van der Waals surface area contributed by atoms with Gasteiger partial charge in [-0.2, -0.15) is 0 Å². The molecule has 0 aromatic rings. The second-order valence-corrected chi connectivity index (χ2v) is 6.02. The number of hydrogen-bond donors (Lipinski definition) is 3. The first-order valence-corrected chi connectivity index (χ1v) is 6.85. The van der Waals surface area contributed by atoms with Gasteiger partial charge in [-0.25, -0.2) is 4.79 Å². The molecule has 0 saturated carbocycles. The second kappa shape index (κ2) is 5.57. The Balaban J connectivity index is 1.83. The van der Waals surface area contributed by atoms with Crippen LogP contribution in [0.5, 0.6) is 0 Å². The summed E-state index contributed by atoms with van der Waals surface area (Å²) in [6.45, 7) is 4.98. The van der Waals surface area contributed by atoms with Crippen molar-refractivity contribution in [3.8, 4) is 0 Å². The van der Waals surface area contributed by atoms with E-state index in [1.54, 1.807) is 6.92 Å². The standard InChI is InChI=1S/C13H22N2O5/c1-12(4-3-5-20-12)7-14-11(18)15-9-6-19-8-13(9,2)10(16)17/h9H,3-8H2,1-2H3,(H,16,17)(H2,14,15,18). The highest BCUT2D eigenvalue weighted by atomic mass is 16.5. The summed E-state index contributed by atoms with van der Waals surface area (Å²) < 4.78 is 10.8. The predicted octanol–water partition coefficient (Wildman–Crippen LogP) is 0.344. The fourth-order valence-corrected chi connectivity index (χ4v) is 2.54. The van der Waals surface area contributed by atoms with E-state index >= 15 is 0 Å². The van der Waals surface area contributed by atoms with Crippen molar-refractivity contribution in [2.45, 2.75) is 38.3 Å². The molecule has 0 bridgehead atoms. The molecule has 0 aromatic carbocycles. The first-order valence-electron chi connectivity index (χ1n) is 6.85. The van der Waals surface area contributed by atoms with Gasteiger partial charge in [-0.05, 0) is 26.7 Å². The molecule has 2 rings (SSSR count). The molecule has 2 aliphatic heterocycles. The van der Waals surface area contributed by atoms with Gasteiger partial charge in [0.2, 0.25) is 0 Å². The molecule has 2 saturated heterocycles. The second-order valence-electron chi connectivity index (χ2n) is 6.02. The lowest BCUT2D eigenvalue weighted by atomic mass is 9.85. The van der Waals surface area contributed by atoms with Crippen LogP contribution in [0.15, 0.2) is 0 Å². The van der Waals surface area contributed by atoms with Crippen molar-refractivity contribution in [1.29, 1.82) is 0 Å². The zero-order valence-corrected chi connectivity index (χ0v) is 11.9. The van der Waals surface area contributed by atoms with Gasteiger partial charge in [0.25, 0.3) is 0 Å². The van der Waals surface area contributed by atoms with E-state index in [0.717, 1.165) is 12.8 Å². The Bertz CT molecular complexity index is 394. The van der Waals surface area contributed by atoms with Crippen LogP contribution in [-0.2, 0) is 14.3 Å². The van der Waals surface area contributed by atoms with Crippen molar-refractivity contribution in [3.63, 3.8) is 0 Å². The molecule has 114 valence electrons. The summed E-state index contributed by atoms with van der Waals surface area (Å²) in [6, 6.07) is -0.915. The van der Waals surface area contributed by atoms with Gasteiger partial charge >= 0.3 is 12.0 Å². The molecular formula is C13H22N2O5. The van der Waals surface area contributed by atoms with E-state index in [9.17, 15) is 14.7 Å². The zero-order valence-electron chi connectivity index (χ0n) is 11.9. The van der Waals surface area contributed by atoms with Crippen molar-refractivity contribution in [2.24, 2.45) is 5.41 Å². The lowest BCUT2D eigenvalue weighted by Gasteiger charge is -2.27. The highest BCUT2D eigenvalue weighted by Crippen LogP contribution is 2.28. The van der Waals surface area contributed by atoms with Gasteiger partial charge in [0.05, 0.1) is 24.9 Å². The Labute approximate surface area is 118 Å². The summed E-state index contributed by atoms with van der Waals surface area (Å²) in [7, 11) is 0. The molecule has 20 heavy (non-hydrogen) atoms. The molecule has 2 fully saturated rings. The first kappa shape index (κ1) is 15.1. The lowest BCUT2D eigenvalue weighted by Crippen LogP contribution is -2.54. The first-order chi connectivity index (χ1) is 9.36. The molecule has 0 aliphatic carbocycles. The average Bonchev–Trinajstić information content (AvgIpc) is 2.96. The fraction of sp³-hybridized carbons (Fsp3) is 0.846. The van der Waals surface area contributed by atoms with Gasteiger partial charge in [-0.15, -0.1) is 0 Å². The molecule has 7 nitrogen and oxygen atoms in total. The van der Waals surface area contributed by atoms with Gasteiger partial charge in [-0.1, -0.05) is 0 Å². The highest BCUT2D eigenvalue weighted by Gasteiger charge is 2.47. The van der Waals surface area contributed by atoms with Crippen LogP contribution in [-0.4, -0.2) is 55.1 Å². The largest absolute Gasteiger partial charge is 0.481 e. The van der Waals surface area contributed by atoms with Gasteiger partial charge in [-0.3, -0.25) is 4.79 Å². The molecule has 0 radical (unpaired) electrons. The summed E-state index contributed by atoms with van der Waals surface area (Å²) in [6.07, 6.45) is 1.90. The third-order valence-electron chi connectivity index (χ3n) is 4.17. The van der Waals surface area contributed by atoms with Crippen molar-refractivity contribution >= 4 is 12.0 Å². The fourth-order valence-electron chi connectivity index (χ4n) is 2.54. The number of rotatable bonds is 4. The van der Waals surface area contributed by atoms with E-state index in [1.165, 1.54) is 0 Å². The monoisotopic (exact) mass is 286 g/mol. The highest BCUT2D eigenvalue weighted by molar-refractivity contribution is 5.79. The predicted molar refractivity (Wildman–Crippen MR) is 70.5 cm³/mol. The Morgan fingerprint density at radius 1 is 1.40 bits per heavy atom. The Morgan fingerprint density at radius 3 is 2.75 bits per heavy atom. The van der Waals surface area contributed by atoms with Gasteiger partial charge < -0.3 is 25.2 Å². The molecule has 2 heterocycles. The minimum atomic E-state index is -1.08. The van der Waals surface area contributed by atoms with Crippen LogP contribution in [0, 0.1) is 5.41 Å². The van der Waals surface area contributed by atoms with Crippen LogP contribution >= 0.6 is 0 Å². The number of carboxylic acids is 1. The summed E-state index contributed by atoms with van der Waals surface area (Å²) in [4.78, 5) is 23.1. The van der Waals surface area contributed by atoms with Crippen LogP contribution < -0.4 is 10.6 Å². The summed E-state index contributed by atoms with van der Waals surface area (Å²) in [5, 5.41) is 14.7. The van der Waals surface area contributed by atoms with E-state index in [0.29, 0.717) is 13.2 Å². The third kappa shape index (κ3) is 3.04. The minimum Gasteiger partial charge on any atom is -0.481 e. The molecule has 3 atom stereocenters. The van der Waals surface area contributed by atoms with E-state index in [1.807, 2.05) is 6.92 Å². The van der Waals surface area contributed by atoms with Crippen LogP contribution in [0.2, 0.25) is 0 Å². The number of carboxylic acid groups (broad SMARTS) is 1. The number of aliphatic carboxylic acids is 1. The van der Waals surface area contributed by atoms with Crippen LogP contribution in [0.1, 0.15) is 26.7 Å². The maximum Gasteiger partial charge on any atom is 0.315 e. The third-order valence-corrected chi connectivity index (χ3v) is 4.17. The van der Waals surface area contributed by atoms with Crippen molar-refractivity contribution in [3.05, 3.63) is 0 Å². The number of carbonyl (C=O) groups is 2. The molecule has 0 spiro atoms. The quantitative estimate of drug-likeness (QED) is 0.692. The topological polar surface area (TPSA) is 96.9 Å². The molecule has 3 N–H and O–H groups in total. The van der Waals surface area contributed by atoms with E-state index < -0.39 is 17.4 Å².